The number of hydrogen-bond donors (Lipinski definition) is 2. The fourth-order valence-corrected chi connectivity index (χ4v) is 3.10. The van der Waals surface area contributed by atoms with Crippen LogP contribution in [-0.2, 0) is 0 Å². The SMILES string of the molecule is CCCCNC(=S)NCC1(C)CCCS1. The van der Waals surface area contributed by atoms with Crippen LogP contribution in [0.25, 0.3) is 0 Å². The van der Waals surface area contributed by atoms with Crippen LogP contribution >= 0.6 is 24.0 Å². The Hall–Kier alpha value is 0.0400. The minimum atomic E-state index is 0.399. The molecule has 0 radical (unpaired) electrons. The number of thioether (sulfide) groups is 1. The summed E-state index contributed by atoms with van der Waals surface area (Å²) in [6, 6.07) is 0. The van der Waals surface area contributed by atoms with E-state index in [1.807, 2.05) is 0 Å². The van der Waals surface area contributed by atoms with Crippen molar-refractivity contribution in [2.45, 2.75) is 44.3 Å². The molecule has 2 nitrogen and oxygen atoms in total. The second-order valence-corrected chi connectivity index (χ2v) is 6.46. The molecule has 2 N–H and O–H groups in total. The highest BCUT2D eigenvalue weighted by Crippen LogP contribution is 2.36. The molecule has 0 aromatic rings. The summed E-state index contributed by atoms with van der Waals surface area (Å²) in [5.41, 5.74) is 0. The molecule has 0 amide bonds. The summed E-state index contributed by atoms with van der Waals surface area (Å²) in [6.45, 7) is 6.50. The van der Waals surface area contributed by atoms with Crippen LogP contribution in [-0.4, -0.2) is 28.7 Å². The van der Waals surface area contributed by atoms with Gasteiger partial charge in [0, 0.05) is 17.8 Å². The van der Waals surface area contributed by atoms with E-state index in [4.69, 9.17) is 12.2 Å². The van der Waals surface area contributed by atoms with Gasteiger partial charge in [0.05, 0.1) is 0 Å². The third-order valence-corrected chi connectivity index (χ3v) is 4.57. The summed E-state index contributed by atoms with van der Waals surface area (Å²) >= 11 is 7.29. The lowest BCUT2D eigenvalue weighted by Gasteiger charge is -2.23. The van der Waals surface area contributed by atoms with E-state index in [1.54, 1.807) is 0 Å². The lowest BCUT2D eigenvalue weighted by molar-refractivity contribution is 0.587. The fraction of sp³-hybridized carbons (Fsp3) is 0.909. The summed E-state index contributed by atoms with van der Waals surface area (Å²) in [5, 5.41) is 7.38. The Labute approximate surface area is 103 Å². The van der Waals surface area contributed by atoms with Crippen LogP contribution < -0.4 is 10.6 Å². The highest BCUT2D eigenvalue weighted by atomic mass is 32.2. The number of unbranched alkanes of at least 4 members (excludes halogenated alkanes) is 1. The maximum atomic E-state index is 5.22. The molecule has 15 heavy (non-hydrogen) atoms. The first-order chi connectivity index (χ1) is 7.16. The van der Waals surface area contributed by atoms with Gasteiger partial charge >= 0.3 is 0 Å². The Morgan fingerprint density at radius 3 is 2.87 bits per heavy atom. The molecular formula is C11H22N2S2. The molecule has 1 saturated heterocycles. The van der Waals surface area contributed by atoms with E-state index in [1.165, 1.54) is 31.4 Å². The monoisotopic (exact) mass is 246 g/mol. The molecule has 1 unspecified atom stereocenters. The standard InChI is InChI=1S/C11H22N2S2/c1-3-4-7-12-10(14)13-9-11(2)6-5-8-15-11/h3-9H2,1-2H3,(H2,12,13,14). The maximum Gasteiger partial charge on any atom is 0.166 e. The van der Waals surface area contributed by atoms with Gasteiger partial charge in [-0.2, -0.15) is 11.8 Å². The molecule has 0 spiro atoms. The smallest absolute Gasteiger partial charge is 0.166 e. The van der Waals surface area contributed by atoms with E-state index in [9.17, 15) is 0 Å². The predicted octanol–water partition coefficient (Wildman–Crippen LogP) is 2.54. The third kappa shape index (κ3) is 5.07. The second kappa shape index (κ2) is 6.59. The van der Waals surface area contributed by atoms with Gasteiger partial charge in [-0.25, -0.2) is 0 Å². The zero-order chi connectivity index (χ0) is 11.1. The normalized spacial score (nSPS) is 25.2. The molecular weight excluding hydrogens is 224 g/mol. The topological polar surface area (TPSA) is 24.1 Å². The summed E-state index contributed by atoms with van der Waals surface area (Å²) in [5.74, 6) is 1.30. The van der Waals surface area contributed by atoms with Gasteiger partial charge in [-0.15, -0.1) is 0 Å². The molecule has 1 atom stereocenters. The highest BCUT2D eigenvalue weighted by molar-refractivity contribution is 8.00. The van der Waals surface area contributed by atoms with E-state index in [0.717, 1.165) is 18.2 Å². The number of nitrogens with one attached hydrogen (secondary N) is 2. The van der Waals surface area contributed by atoms with Crippen molar-refractivity contribution in [2.75, 3.05) is 18.8 Å². The quantitative estimate of drug-likeness (QED) is 0.575. The van der Waals surface area contributed by atoms with Crippen molar-refractivity contribution in [3.63, 3.8) is 0 Å². The fourth-order valence-electron chi connectivity index (χ4n) is 1.68. The molecule has 0 saturated carbocycles. The van der Waals surface area contributed by atoms with Crippen molar-refractivity contribution in [2.24, 2.45) is 0 Å². The van der Waals surface area contributed by atoms with Crippen LogP contribution in [0.1, 0.15) is 39.5 Å². The molecule has 1 fully saturated rings. The van der Waals surface area contributed by atoms with Crippen molar-refractivity contribution in [3.8, 4) is 0 Å². The van der Waals surface area contributed by atoms with Gasteiger partial charge in [-0.05, 0) is 44.2 Å². The Bertz CT molecular complexity index is 201. The molecule has 0 bridgehead atoms. The molecule has 0 aliphatic carbocycles. The van der Waals surface area contributed by atoms with Crippen LogP contribution in [0.15, 0.2) is 0 Å². The summed E-state index contributed by atoms with van der Waals surface area (Å²) in [7, 11) is 0. The van der Waals surface area contributed by atoms with Crippen LogP contribution in [0, 0.1) is 0 Å². The Morgan fingerprint density at radius 1 is 1.47 bits per heavy atom. The van der Waals surface area contributed by atoms with E-state index in [-0.39, 0.29) is 0 Å². The average molecular weight is 246 g/mol. The van der Waals surface area contributed by atoms with Gasteiger partial charge < -0.3 is 10.6 Å². The van der Waals surface area contributed by atoms with Crippen molar-refractivity contribution in [1.29, 1.82) is 0 Å². The van der Waals surface area contributed by atoms with Crippen LogP contribution in [0.4, 0.5) is 0 Å². The van der Waals surface area contributed by atoms with Crippen LogP contribution in [0.5, 0.6) is 0 Å². The maximum absolute atomic E-state index is 5.22. The number of thiocarbonyl (C=S) groups is 1. The largest absolute Gasteiger partial charge is 0.363 e. The predicted molar refractivity (Wildman–Crippen MR) is 73.6 cm³/mol. The van der Waals surface area contributed by atoms with Gasteiger partial charge in [0.2, 0.25) is 0 Å². The first kappa shape index (κ1) is 13.1. The molecule has 0 aromatic carbocycles. The third-order valence-electron chi connectivity index (χ3n) is 2.74. The summed E-state index contributed by atoms with van der Waals surface area (Å²) in [6.07, 6.45) is 5.05. The minimum Gasteiger partial charge on any atom is -0.363 e. The molecule has 1 aliphatic heterocycles. The molecule has 0 aromatic heterocycles. The minimum absolute atomic E-state index is 0.399. The van der Waals surface area contributed by atoms with E-state index >= 15 is 0 Å². The van der Waals surface area contributed by atoms with Crippen molar-refractivity contribution >= 4 is 29.1 Å². The number of rotatable bonds is 5. The van der Waals surface area contributed by atoms with Gasteiger partial charge in [-0.3, -0.25) is 0 Å². The molecule has 4 heteroatoms. The van der Waals surface area contributed by atoms with Crippen molar-refractivity contribution in [1.82, 2.24) is 10.6 Å². The van der Waals surface area contributed by atoms with Crippen molar-refractivity contribution in [3.05, 3.63) is 0 Å². The van der Waals surface area contributed by atoms with Gasteiger partial charge in [0.25, 0.3) is 0 Å². The van der Waals surface area contributed by atoms with E-state index in [2.05, 4.69) is 36.2 Å². The Morgan fingerprint density at radius 2 is 2.27 bits per heavy atom. The average Bonchev–Trinajstić information content (AvgIpc) is 2.64. The first-order valence-electron chi connectivity index (χ1n) is 5.82. The molecule has 1 heterocycles. The molecule has 88 valence electrons. The summed E-state index contributed by atoms with van der Waals surface area (Å²) < 4.78 is 0.399. The zero-order valence-corrected chi connectivity index (χ0v) is 11.4. The van der Waals surface area contributed by atoms with Crippen LogP contribution in [0.3, 0.4) is 0 Å². The zero-order valence-electron chi connectivity index (χ0n) is 9.77. The second-order valence-electron chi connectivity index (χ2n) is 4.36. The van der Waals surface area contributed by atoms with Gasteiger partial charge in [0.15, 0.2) is 5.11 Å². The molecule has 1 aliphatic rings. The summed E-state index contributed by atoms with van der Waals surface area (Å²) in [4.78, 5) is 0. The lowest BCUT2D eigenvalue weighted by Crippen LogP contribution is -2.42. The van der Waals surface area contributed by atoms with E-state index < -0.39 is 0 Å². The number of hydrogen-bond acceptors (Lipinski definition) is 2. The molecule has 1 rings (SSSR count). The van der Waals surface area contributed by atoms with E-state index in [0.29, 0.717) is 4.75 Å². The Kier molecular flexibility index (Phi) is 5.75. The van der Waals surface area contributed by atoms with Crippen molar-refractivity contribution < 1.29 is 0 Å². The van der Waals surface area contributed by atoms with Crippen LogP contribution in [0.2, 0.25) is 0 Å². The van der Waals surface area contributed by atoms with Gasteiger partial charge in [-0.1, -0.05) is 13.3 Å². The highest BCUT2D eigenvalue weighted by Gasteiger charge is 2.29. The lowest BCUT2D eigenvalue weighted by atomic mass is 10.1. The Balaban J connectivity index is 2.10. The first-order valence-corrected chi connectivity index (χ1v) is 7.21. The van der Waals surface area contributed by atoms with Gasteiger partial charge in [0.1, 0.15) is 0 Å².